The van der Waals surface area contributed by atoms with Gasteiger partial charge in [0, 0.05) is 6.54 Å². The normalized spacial score (nSPS) is 15.1. The van der Waals surface area contributed by atoms with Gasteiger partial charge in [-0.05, 0) is 32.1 Å². The lowest BCUT2D eigenvalue weighted by atomic mass is 9.96. The number of nitrogens with one attached hydrogen (secondary N) is 1. The van der Waals surface area contributed by atoms with Gasteiger partial charge in [-0.1, -0.05) is 27.2 Å². The molecule has 1 unspecified atom stereocenters. The van der Waals surface area contributed by atoms with Gasteiger partial charge in [0.15, 0.2) is 0 Å². The van der Waals surface area contributed by atoms with Crippen LogP contribution in [0.3, 0.4) is 0 Å². The molecule has 0 aliphatic heterocycles. The molecule has 0 saturated carbocycles. The van der Waals surface area contributed by atoms with E-state index in [1.54, 1.807) is 6.92 Å². The molecule has 0 rings (SSSR count). The minimum atomic E-state index is -0.702. The van der Waals surface area contributed by atoms with E-state index in [0.717, 1.165) is 32.2 Å². The van der Waals surface area contributed by atoms with Gasteiger partial charge in [-0.15, -0.1) is 0 Å². The molecule has 0 heterocycles. The van der Waals surface area contributed by atoms with Crippen LogP contribution in [0.5, 0.6) is 0 Å². The lowest BCUT2D eigenvalue weighted by Crippen LogP contribution is -2.51. The summed E-state index contributed by atoms with van der Waals surface area (Å²) in [5.74, 6) is 0.676. The average Bonchev–Trinajstić information content (AvgIpc) is 2.11. The van der Waals surface area contributed by atoms with Crippen LogP contribution in [-0.4, -0.2) is 18.0 Å². The van der Waals surface area contributed by atoms with Crippen molar-refractivity contribution in [3.63, 3.8) is 0 Å². The zero-order valence-electron chi connectivity index (χ0n) is 10.6. The summed E-state index contributed by atoms with van der Waals surface area (Å²) in [5.41, 5.74) is 5.20. The molecule has 0 aliphatic rings. The van der Waals surface area contributed by atoms with Gasteiger partial charge in [-0.2, -0.15) is 0 Å². The maximum atomic E-state index is 11.7. The summed E-state index contributed by atoms with van der Waals surface area (Å²) >= 11 is 0. The number of amides is 1. The van der Waals surface area contributed by atoms with Crippen LogP contribution in [0.2, 0.25) is 0 Å². The first-order chi connectivity index (χ1) is 6.90. The zero-order valence-corrected chi connectivity index (χ0v) is 10.6. The maximum absolute atomic E-state index is 11.7. The van der Waals surface area contributed by atoms with Crippen molar-refractivity contribution in [3.8, 4) is 0 Å². The first-order valence-electron chi connectivity index (χ1n) is 5.97. The number of hydrogen-bond donors (Lipinski definition) is 2. The molecular formula is C12H26N2O. The third-order valence-corrected chi connectivity index (χ3v) is 2.53. The van der Waals surface area contributed by atoms with E-state index in [0.29, 0.717) is 5.92 Å². The largest absolute Gasteiger partial charge is 0.355 e. The Labute approximate surface area is 93.8 Å². The highest BCUT2D eigenvalue weighted by Crippen LogP contribution is 2.08. The maximum Gasteiger partial charge on any atom is 0.239 e. The second-order valence-electron chi connectivity index (χ2n) is 4.96. The lowest BCUT2D eigenvalue weighted by Gasteiger charge is -2.22. The minimum Gasteiger partial charge on any atom is -0.355 e. The van der Waals surface area contributed by atoms with E-state index in [2.05, 4.69) is 19.2 Å². The Hall–Kier alpha value is -0.570. The van der Waals surface area contributed by atoms with Crippen molar-refractivity contribution in [2.24, 2.45) is 11.7 Å². The molecule has 0 saturated heterocycles. The summed E-state index contributed by atoms with van der Waals surface area (Å²) in [4.78, 5) is 11.7. The molecule has 0 aromatic carbocycles. The predicted octanol–water partition coefficient (Wildman–Crippen LogP) is 2.06. The molecule has 3 heteroatoms. The van der Waals surface area contributed by atoms with Crippen molar-refractivity contribution in [2.45, 2.75) is 58.9 Å². The summed E-state index contributed by atoms with van der Waals surface area (Å²) in [5, 5.41) is 2.90. The molecule has 1 amide bonds. The smallest absolute Gasteiger partial charge is 0.239 e. The highest BCUT2D eigenvalue weighted by molar-refractivity contribution is 5.85. The topological polar surface area (TPSA) is 55.1 Å². The first-order valence-corrected chi connectivity index (χ1v) is 5.97. The van der Waals surface area contributed by atoms with Crippen LogP contribution in [0, 0.1) is 5.92 Å². The summed E-state index contributed by atoms with van der Waals surface area (Å²) in [6, 6.07) is 0. The quantitative estimate of drug-likeness (QED) is 0.637. The van der Waals surface area contributed by atoms with Gasteiger partial charge >= 0.3 is 0 Å². The fourth-order valence-corrected chi connectivity index (χ4v) is 1.55. The van der Waals surface area contributed by atoms with Crippen LogP contribution in [0.4, 0.5) is 0 Å². The highest BCUT2D eigenvalue weighted by Gasteiger charge is 2.26. The first kappa shape index (κ1) is 14.4. The Balaban J connectivity index is 3.73. The highest BCUT2D eigenvalue weighted by atomic mass is 16.2. The monoisotopic (exact) mass is 214 g/mol. The van der Waals surface area contributed by atoms with Gasteiger partial charge in [-0.25, -0.2) is 0 Å². The molecule has 0 aromatic heterocycles. The molecule has 90 valence electrons. The second-order valence-corrected chi connectivity index (χ2v) is 4.96. The number of rotatable bonds is 7. The standard InChI is InChI=1S/C12H26N2O/c1-5-8-12(4,13)11(15)14-9-6-7-10(2)3/h10H,5-9,13H2,1-4H3,(H,14,15). The van der Waals surface area contributed by atoms with Crippen LogP contribution < -0.4 is 11.1 Å². The van der Waals surface area contributed by atoms with Crippen LogP contribution >= 0.6 is 0 Å². The Morgan fingerprint density at radius 3 is 2.53 bits per heavy atom. The van der Waals surface area contributed by atoms with Gasteiger partial charge < -0.3 is 11.1 Å². The SMILES string of the molecule is CCCC(C)(N)C(=O)NCCCC(C)C. The molecule has 0 fully saturated rings. The average molecular weight is 214 g/mol. The molecular weight excluding hydrogens is 188 g/mol. The predicted molar refractivity (Wildman–Crippen MR) is 64.6 cm³/mol. The Morgan fingerprint density at radius 2 is 2.07 bits per heavy atom. The molecule has 0 bridgehead atoms. The third-order valence-electron chi connectivity index (χ3n) is 2.53. The fraction of sp³-hybridized carbons (Fsp3) is 0.917. The van der Waals surface area contributed by atoms with Gasteiger partial charge in [-0.3, -0.25) is 4.79 Å². The Morgan fingerprint density at radius 1 is 1.47 bits per heavy atom. The third kappa shape index (κ3) is 6.50. The van der Waals surface area contributed by atoms with E-state index in [1.807, 2.05) is 6.92 Å². The molecule has 3 nitrogen and oxygen atoms in total. The molecule has 0 aliphatic carbocycles. The summed E-state index contributed by atoms with van der Waals surface area (Å²) in [7, 11) is 0. The fourth-order valence-electron chi connectivity index (χ4n) is 1.55. The molecule has 0 aromatic rings. The van der Waals surface area contributed by atoms with Gasteiger partial charge in [0.1, 0.15) is 0 Å². The van der Waals surface area contributed by atoms with Crippen molar-refractivity contribution in [3.05, 3.63) is 0 Å². The van der Waals surface area contributed by atoms with Crippen LogP contribution in [0.25, 0.3) is 0 Å². The molecule has 0 spiro atoms. The summed E-state index contributed by atoms with van der Waals surface area (Å²) in [6.07, 6.45) is 3.86. The van der Waals surface area contributed by atoms with Gasteiger partial charge in [0.05, 0.1) is 5.54 Å². The van der Waals surface area contributed by atoms with E-state index >= 15 is 0 Å². The number of nitrogens with two attached hydrogens (primary N) is 1. The number of carbonyl (C=O) groups excluding carboxylic acids is 1. The van der Waals surface area contributed by atoms with E-state index < -0.39 is 5.54 Å². The van der Waals surface area contributed by atoms with E-state index in [1.165, 1.54) is 0 Å². The van der Waals surface area contributed by atoms with E-state index in [4.69, 9.17) is 5.73 Å². The molecule has 15 heavy (non-hydrogen) atoms. The summed E-state index contributed by atoms with van der Waals surface area (Å²) < 4.78 is 0. The van der Waals surface area contributed by atoms with Crippen LogP contribution in [-0.2, 0) is 4.79 Å². The molecule has 0 radical (unpaired) electrons. The Kier molecular flexibility index (Phi) is 6.57. The number of carbonyl (C=O) groups is 1. The van der Waals surface area contributed by atoms with Gasteiger partial charge in [0.25, 0.3) is 0 Å². The van der Waals surface area contributed by atoms with E-state index in [9.17, 15) is 4.79 Å². The van der Waals surface area contributed by atoms with Crippen molar-refractivity contribution in [1.82, 2.24) is 5.32 Å². The zero-order chi connectivity index (χ0) is 11.9. The Bertz CT molecular complexity index is 188. The van der Waals surface area contributed by atoms with Crippen LogP contribution in [0.1, 0.15) is 53.4 Å². The van der Waals surface area contributed by atoms with Crippen molar-refractivity contribution in [1.29, 1.82) is 0 Å². The molecule has 1 atom stereocenters. The number of hydrogen-bond acceptors (Lipinski definition) is 2. The summed E-state index contributed by atoms with van der Waals surface area (Å²) in [6.45, 7) is 8.96. The lowest BCUT2D eigenvalue weighted by molar-refractivity contribution is -0.126. The van der Waals surface area contributed by atoms with Gasteiger partial charge in [0.2, 0.25) is 5.91 Å². The van der Waals surface area contributed by atoms with Crippen molar-refractivity contribution < 1.29 is 4.79 Å². The van der Waals surface area contributed by atoms with E-state index in [-0.39, 0.29) is 5.91 Å². The second kappa shape index (κ2) is 6.83. The van der Waals surface area contributed by atoms with Crippen molar-refractivity contribution in [2.75, 3.05) is 6.54 Å². The minimum absolute atomic E-state index is 0.0203. The van der Waals surface area contributed by atoms with Crippen LogP contribution in [0.15, 0.2) is 0 Å². The van der Waals surface area contributed by atoms with Crippen molar-refractivity contribution >= 4 is 5.91 Å². The molecule has 3 N–H and O–H groups in total.